The van der Waals surface area contributed by atoms with Crippen molar-refractivity contribution < 1.29 is 14.4 Å². The van der Waals surface area contributed by atoms with Crippen LogP contribution >= 0.6 is 0 Å². The maximum absolute atomic E-state index is 11.6. The summed E-state index contributed by atoms with van der Waals surface area (Å²) in [6, 6.07) is -1.59. The highest BCUT2D eigenvalue weighted by Crippen LogP contribution is 2.16. The number of rotatable bonds is 3. The summed E-state index contributed by atoms with van der Waals surface area (Å²) < 4.78 is 0. The van der Waals surface area contributed by atoms with Gasteiger partial charge in [-0.15, -0.1) is 0 Å². The minimum absolute atomic E-state index is 0.191. The van der Waals surface area contributed by atoms with Crippen molar-refractivity contribution in [1.82, 2.24) is 10.2 Å². The van der Waals surface area contributed by atoms with E-state index < -0.39 is 29.4 Å². The van der Waals surface area contributed by atoms with Crippen LogP contribution in [0, 0.1) is 0 Å². The molecule has 1 rings (SSSR count). The Kier molecular flexibility index (Phi) is 2.67. The summed E-state index contributed by atoms with van der Waals surface area (Å²) in [7, 11) is 0. The van der Waals surface area contributed by atoms with Crippen LogP contribution in [-0.4, -0.2) is 40.9 Å². The molecule has 1 atom stereocenters. The molecule has 0 aromatic rings. The normalized spacial score (nSPS) is 21.4. The molecule has 15 heavy (non-hydrogen) atoms. The fourth-order valence-corrected chi connectivity index (χ4v) is 1.27. The van der Waals surface area contributed by atoms with E-state index in [1.165, 1.54) is 0 Å². The molecule has 1 heterocycles. The maximum Gasteiger partial charge on any atom is 0.325 e. The topological polar surface area (TPSA) is 119 Å². The molecule has 1 unspecified atom stereocenters. The van der Waals surface area contributed by atoms with Gasteiger partial charge >= 0.3 is 6.03 Å². The summed E-state index contributed by atoms with van der Waals surface area (Å²) >= 11 is 0. The molecule has 0 radical (unpaired) electrons. The largest absolute Gasteiger partial charge is 0.368 e. The fraction of sp³-hybridized carbons (Fsp3) is 0.625. The van der Waals surface area contributed by atoms with Gasteiger partial charge in [-0.1, -0.05) is 0 Å². The third-order valence-corrected chi connectivity index (χ3v) is 2.19. The van der Waals surface area contributed by atoms with Crippen LogP contribution in [0.2, 0.25) is 0 Å². The van der Waals surface area contributed by atoms with Gasteiger partial charge in [0, 0.05) is 0 Å². The lowest BCUT2D eigenvalue weighted by atomic mass is 10.1. The van der Waals surface area contributed by atoms with Crippen molar-refractivity contribution in [3.63, 3.8) is 0 Å². The molecule has 0 saturated carbocycles. The highest BCUT2D eigenvalue weighted by atomic mass is 16.2. The van der Waals surface area contributed by atoms with Gasteiger partial charge in [0.15, 0.2) is 0 Å². The second-order valence-corrected chi connectivity index (χ2v) is 3.98. The Morgan fingerprint density at radius 2 is 2.07 bits per heavy atom. The smallest absolute Gasteiger partial charge is 0.325 e. The molecule has 0 aromatic carbocycles. The molecule has 1 aliphatic heterocycles. The summed E-state index contributed by atoms with van der Waals surface area (Å²) in [5.41, 5.74) is 9.35. The monoisotopic (exact) mass is 214 g/mol. The minimum Gasteiger partial charge on any atom is -0.368 e. The van der Waals surface area contributed by atoms with Crippen LogP contribution in [0.1, 0.15) is 13.8 Å². The van der Waals surface area contributed by atoms with Gasteiger partial charge in [-0.3, -0.25) is 14.5 Å². The molecule has 7 nitrogen and oxygen atoms in total. The second kappa shape index (κ2) is 3.50. The fourth-order valence-electron chi connectivity index (χ4n) is 1.27. The van der Waals surface area contributed by atoms with Crippen LogP contribution in [0.4, 0.5) is 4.79 Å². The van der Waals surface area contributed by atoms with Gasteiger partial charge in [-0.05, 0) is 13.8 Å². The molecule has 5 N–H and O–H groups in total. The highest BCUT2D eigenvalue weighted by Gasteiger charge is 2.44. The van der Waals surface area contributed by atoms with Gasteiger partial charge in [0.05, 0.1) is 6.54 Å². The average Bonchev–Trinajstić information content (AvgIpc) is 2.27. The molecular weight excluding hydrogens is 200 g/mol. The molecule has 0 aromatic heterocycles. The predicted octanol–water partition coefficient (Wildman–Crippen LogP) is -1.87. The third kappa shape index (κ3) is 2.07. The zero-order chi connectivity index (χ0) is 11.8. The number of imide groups is 1. The average molecular weight is 214 g/mol. The molecule has 84 valence electrons. The van der Waals surface area contributed by atoms with E-state index >= 15 is 0 Å². The van der Waals surface area contributed by atoms with Gasteiger partial charge in [-0.2, -0.15) is 0 Å². The number of nitrogens with zero attached hydrogens (tertiary/aromatic N) is 1. The van der Waals surface area contributed by atoms with Crippen LogP contribution < -0.4 is 16.8 Å². The Morgan fingerprint density at radius 3 is 2.40 bits per heavy atom. The van der Waals surface area contributed by atoms with E-state index in [0.29, 0.717) is 0 Å². The van der Waals surface area contributed by atoms with Crippen molar-refractivity contribution in [2.24, 2.45) is 11.5 Å². The molecule has 1 fully saturated rings. The molecule has 7 heteroatoms. The lowest BCUT2D eigenvalue weighted by molar-refractivity contribution is -0.130. The van der Waals surface area contributed by atoms with Crippen LogP contribution in [0.5, 0.6) is 0 Å². The SMILES string of the molecule is CC1(C)NC(=O)N(CC(N)C(N)=O)C1=O. The summed E-state index contributed by atoms with van der Waals surface area (Å²) in [6.45, 7) is 2.95. The van der Waals surface area contributed by atoms with Crippen molar-refractivity contribution in [2.75, 3.05) is 6.54 Å². The zero-order valence-electron chi connectivity index (χ0n) is 8.61. The predicted molar refractivity (Wildman–Crippen MR) is 51.5 cm³/mol. The molecule has 1 aliphatic rings. The number of nitrogens with two attached hydrogens (primary N) is 2. The Labute approximate surface area is 86.8 Å². The standard InChI is InChI=1S/C8H14N4O3/c1-8(2)6(14)12(7(15)11-8)3-4(9)5(10)13/h4H,3,9H2,1-2H3,(H2,10,13)(H,11,15). The maximum atomic E-state index is 11.6. The first-order valence-electron chi connectivity index (χ1n) is 4.44. The van der Waals surface area contributed by atoms with Crippen molar-refractivity contribution in [2.45, 2.75) is 25.4 Å². The van der Waals surface area contributed by atoms with Crippen molar-refractivity contribution in [3.8, 4) is 0 Å². The summed E-state index contributed by atoms with van der Waals surface area (Å²) in [5, 5.41) is 2.47. The summed E-state index contributed by atoms with van der Waals surface area (Å²) in [4.78, 5) is 34.6. The summed E-state index contributed by atoms with van der Waals surface area (Å²) in [5.74, 6) is -1.16. The molecule has 0 bridgehead atoms. The van der Waals surface area contributed by atoms with Gasteiger partial charge in [0.1, 0.15) is 11.6 Å². The first-order chi connectivity index (χ1) is 6.75. The quantitative estimate of drug-likeness (QED) is 0.477. The van der Waals surface area contributed by atoms with E-state index in [4.69, 9.17) is 11.5 Å². The van der Waals surface area contributed by atoms with E-state index in [1.54, 1.807) is 13.8 Å². The number of urea groups is 1. The lowest BCUT2D eigenvalue weighted by Crippen LogP contribution is -2.48. The molecular formula is C8H14N4O3. The first-order valence-corrected chi connectivity index (χ1v) is 4.44. The zero-order valence-corrected chi connectivity index (χ0v) is 8.61. The number of primary amides is 1. The Morgan fingerprint density at radius 1 is 1.53 bits per heavy atom. The number of carbonyl (C=O) groups excluding carboxylic acids is 3. The molecule has 1 saturated heterocycles. The Hall–Kier alpha value is -1.63. The van der Waals surface area contributed by atoms with Crippen LogP contribution in [-0.2, 0) is 9.59 Å². The third-order valence-electron chi connectivity index (χ3n) is 2.19. The highest BCUT2D eigenvalue weighted by molar-refractivity contribution is 6.06. The number of amides is 4. The Balaban J connectivity index is 2.76. The second-order valence-electron chi connectivity index (χ2n) is 3.98. The van der Waals surface area contributed by atoms with E-state index in [9.17, 15) is 14.4 Å². The van der Waals surface area contributed by atoms with Gasteiger partial charge in [0.2, 0.25) is 5.91 Å². The van der Waals surface area contributed by atoms with E-state index in [2.05, 4.69) is 5.32 Å². The van der Waals surface area contributed by atoms with Gasteiger partial charge < -0.3 is 16.8 Å². The molecule has 0 spiro atoms. The molecule has 0 aliphatic carbocycles. The van der Waals surface area contributed by atoms with Crippen molar-refractivity contribution in [1.29, 1.82) is 0 Å². The van der Waals surface area contributed by atoms with E-state index in [0.717, 1.165) is 4.90 Å². The van der Waals surface area contributed by atoms with Crippen LogP contribution in [0.3, 0.4) is 0 Å². The van der Waals surface area contributed by atoms with Crippen molar-refractivity contribution in [3.05, 3.63) is 0 Å². The first kappa shape index (κ1) is 11.4. The van der Waals surface area contributed by atoms with Crippen molar-refractivity contribution >= 4 is 17.8 Å². The minimum atomic E-state index is -1.03. The van der Waals surface area contributed by atoms with Gasteiger partial charge in [-0.25, -0.2) is 4.79 Å². The van der Waals surface area contributed by atoms with Crippen LogP contribution in [0.25, 0.3) is 0 Å². The van der Waals surface area contributed by atoms with E-state index in [1.807, 2.05) is 0 Å². The summed E-state index contributed by atoms with van der Waals surface area (Å²) in [6.07, 6.45) is 0. The van der Waals surface area contributed by atoms with Crippen LogP contribution in [0.15, 0.2) is 0 Å². The number of hydrogen-bond donors (Lipinski definition) is 3. The lowest BCUT2D eigenvalue weighted by Gasteiger charge is -2.17. The number of nitrogens with one attached hydrogen (secondary N) is 1. The molecule has 4 amide bonds. The van der Waals surface area contributed by atoms with Gasteiger partial charge in [0.25, 0.3) is 5.91 Å². The number of carbonyl (C=O) groups is 3. The van der Waals surface area contributed by atoms with E-state index in [-0.39, 0.29) is 6.54 Å². The number of hydrogen-bond acceptors (Lipinski definition) is 4. The Bertz CT molecular complexity index is 326.